The molecule has 0 atom stereocenters. The van der Waals surface area contributed by atoms with Gasteiger partial charge in [-0.2, -0.15) is 0 Å². The highest BCUT2D eigenvalue weighted by Crippen LogP contribution is 2.36. The van der Waals surface area contributed by atoms with Gasteiger partial charge in [0.2, 0.25) is 0 Å². The highest BCUT2D eigenvalue weighted by atomic mass is 79.9. The average molecular weight is 318 g/mol. The lowest BCUT2D eigenvalue weighted by Crippen LogP contribution is -2.44. The standard InChI is InChI=1S/C16H32BrN/c1-6-16(7-2,12-17)13-18-10-8-14(9-11-18)15(3,4)5/h14H,6-13H2,1-5H3. The van der Waals surface area contributed by atoms with Gasteiger partial charge < -0.3 is 4.90 Å². The van der Waals surface area contributed by atoms with Crippen molar-refractivity contribution in [2.24, 2.45) is 16.7 Å². The van der Waals surface area contributed by atoms with Crippen molar-refractivity contribution in [2.75, 3.05) is 25.0 Å². The summed E-state index contributed by atoms with van der Waals surface area (Å²) in [6, 6.07) is 0. The van der Waals surface area contributed by atoms with E-state index in [1.807, 2.05) is 0 Å². The van der Waals surface area contributed by atoms with E-state index in [4.69, 9.17) is 0 Å². The Morgan fingerprint density at radius 2 is 1.56 bits per heavy atom. The third-order valence-electron chi connectivity index (χ3n) is 5.15. The molecule has 0 radical (unpaired) electrons. The van der Waals surface area contributed by atoms with Crippen LogP contribution < -0.4 is 0 Å². The van der Waals surface area contributed by atoms with Crippen molar-refractivity contribution in [3.63, 3.8) is 0 Å². The number of alkyl halides is 1. The van der Waals surface area contributed by atoms with Gasteiger partial charge in [-0.3, -0.25) is 0 Å². The van der Waals surface area contributed by atoms with Crippen molar-refractivity contribution >= 4 is 15.9 Å². The maximum Gasteiger partial charge on any atom is 0.01000 e. The maximum atomic E-state index is 3.74. The molecule has 108 valence electrons. The van der Waals surface area contributed by atoms with Gasteiger partial charge in [-0.05, 0) is 55.5 Å². The van der Waals surface area contributed by atoms with Gasteiger partial charge in [0.15, 0.2) is 0 Å². The lowest BCUT2D eigenvalue weighted by Gasteiger charge is -2.42. The molecule has 1 heterocycles. The van der Waals surface area contributed by atoms with Gasteiger partial charge in [-0.1, -0.05) is 50.5 Å². The summed E-state index contributed by atoms with van der Waals surface area (Å²) in [5, 5.41) is 1.15. The molecule has 1 fully saturated rings. The molecule has 0 spiro atoms. The molecule has 1 aliphatic rings. The number of halogens is 1. The van der Waals surface area contributed by atoms with Crippen LogP contribution in [0.1, 0.15) is 60.3 Å². The summed E-state index contributed by atoms with van der Waals surface area (Å²) in [5.41, 5.74) is 0.989. The van der Waals surface area contributed by atoms with Gasteiger partial charge in [0.05, 0.1) is 0 Å². The van der Waals surface area contributed by atoms with Crippen LogP contribution in [0.25, 0.3) is 0 Å². The van der Waals surface area contributed by atoms with Crippen molar-refractivity contribution in [1.29, 1.82) is 0 Å². The lowest BCUT2D eigenvalue weighted by atomic mass is 9.74. The zero-order valence-electron chi connectivity index (χ0n) is 13.1. The summed E-state index contributed by atoms with van der Waals surface area (Å²) < 4.78 is 0. The molecule has 0 unspecified atom stereocenters. The van der Waals surface area contributed by atoms with Gasteiger partial charge in [0.25, 0.3) is 0 Å². The molecule has 1 nitrogen and oxygen atoms in total. The Kier molecular flexibility index (Phi) is 6.18. The summed E-state index contributed by atoms with van der Waals surface area (Å²) >= 11 is 3.74. The summed E-state index contributed by atoms with van der Waals surface area (Å²) in [6.07, 6.45) is 5.34. The van der Waals surface area contributed by atoms with Gasteiger partial charge in [-0.25, -0.2) is 0 Å². The van der Waals surface area contributed by atoms with E-state index in [1.165, 1.54) is 45.3 Å². The number of hydrogen-bond acceptors (Lipinski definition) is 1. The molecule has 0 N–H and O–H groups in total. The third-order valence-corrected chi connectivity index (χ3v) is 6.34. The summed E-state index contributed by atoms with van der Waals surface area (Å²) in [7, 11) is 0. The Balaban J connectivity index is 2.48. The van der Waals surface area contributed by atoms with Crippen LogP contribution >= 0.6 is 15.9 Å². The number of likely N-dealkylation sites (tertiary alicyclic amines) is 1. The molecule has 1 rings (SSSR count). The molecule has 1 saturated heterocycles. The van der Waals surface area contributed by atoms with Crippen molar-refractivity contribution in [3.8, 4) is 0 Å². The van der Waals surface area contributed by atoms with E-state index in [9.17, 15) is 0 Å². The fourth-order valence-corrected chi connectivity index (χ4v) is 4.11. The molecule has 0 aromatic rings. The number of piperidine rings is 1. The Morgan fingerprint density at radius 3 is 1.89 bits per heavy atom. The van der Waals surface area contributed by atoms with Crippen LogP contribution in [-0.2, 0) is 0 Å². The van der Waals surface area contributed by atoms with Gasteiger partial charge in [-0.15, -0.1) is 0 Å². The van der Waals surface area contributed by atoms with E-state index in [1.54, 1.807) is 0 Å². The number of nitrogens with zero attached hydrogens (tertiary/aromatic N) is 1. The van der Waals surface area contributed by atoms with Gasteiger partial charge in [0, 0.05) is 11.9 Å². The molecule has 0 bridgehead atoms. The molecule has 0 amide bonds. The first-order valence-electron chi connectivity index (χ1n) is 7.65. The molecular weight excluding hydrogens is 286 g/mol. The molecular formula is C16H32BrN. The quantitative estimate of drug-likeness (QED) is 0.649. The molecule has 0 aromatic carbocycles. The Morgan fingerprint density at radius 1 is 1.06 bits per heavy atom. The number of rotatable bonds is 5. The first kappa shape index (κ1) is 16.5. The van der Waals surface area contributed by atoms with Crippen LogP contribution in [0.4, 0.5) is 0 Å². The monoisotopic (exact) mass is 317 g/mol. The SMILES string of the molecule is CCC(CC)(CBr)CN1CCC(C(C)(C)C)CC1. The smallest absolute Gasteiger partial charge is 0.01000 e. The topological polar surface area (TPSA) is 3.24 Å². The first-order chi connectivity index (χ1) is 8.37. The predicted octanol–water partition coefficient (Wildman–Crippen LogP) is 4.95. The van der Waals surface area contributed by atoms with Crippen molar-refractivity contribution < 1.29 is 0 Å². The molecule has 1 aliphatic heterocycles. The van der Waals surface area contributed by atoms with E-state index >= 15 is 0 Å². The van der Waals surface area contributed by atoms with Crippen molar-refractivity contribution in [2.45, 2.75) is 60.3 Å². The normalized spacial score (nSPS) is 20.3. The van der Waals surface area contributed by atoms with E-state index < -0.39 is 0 Å². The highest BCUT2D eigenvalue weighted by Gasteiger charge is 2.32. The van der Waals surface area contributed by atoms with Crippen molar-refractivity contribution in [1.82, 2.24) is 4.90 Å². The fraction of sp³-hybridized carbons (Fsp3) is 1.00. The fourth-order valence-electron chi connectivity index (χ4n) is 3.14. The van der Waals surface area contributed by atoms with Gasteiger partial charge in [0.1, 0.15) is 0 Å². The summed E-state index contributed by atoms with van der Waals surface area (Å²) in [5.74, 6) is 0.912. The zero-order chi connectivity index (χ0) is 13.8. The Hall–Kier alpha value is 0.440. The molecule has 0 aliphatic carbocycles. The minimum absolute atomic E-state index is 0.494. The largest absolute Gasteiger partial charge is 0.303 e. The van der Waals surface area contributed by atoms with E-state index in [0.717, 1.165) is 11.2 Å². The Labute approximate surface area is 123 Å². The molecule has 0 saturated carbocycles. The minimum atomic E-state index is 0.494. The Bertz CT molecular complexity index is 224. The second kappa shape index (κ2) is 6.74. The second-order valence-corrected chi connectivity index (χ2v) is 7.82. The van der Waals surface area contributed by atoms with Crippen LogP contribution in [0.15, 0.2) is 0 Å². The summed E-state index contributed by atoms with van der Waals surface area (Å²) in [6.45, 7) is 15.8. The first-order valence-corrected chi connectivity index (χ1v) is 8.77. The number of hydrogen-bond donors (Lipinski definition) is 0. The third kappa shape index (κ3) is 4.23. The van der Waals surface area contributed by atoms with Crippen LogP contribution in [0, 0.1) is 16.7 Å². The molecule has 18 heavy (non-hydrogen) atoms. The van der Waals surface area contributed by atoms with Crippen LogP contribution in [0.5, 0.6) is 0 Å². The van der Waals surface area contributed by atoms with Crippen LogP contribution in [0.2, 0.25) is 0 Å². The van der Waals surface area contributed by atoms with Crippen molar-refractivity contribution in [3.05, 3.63) is 0 Å². The average Bonchev–Trinajstić information content (AvgIpc) is 2.36. The van der Waals surface area contributed by atoms with Gasteiger partial charge >= 0.3 is 0 Å². The molecule has 0 aromatic heterocycles. The predicted molar refractivity (Wildman–Crippen MR) is 85.4 cm³/mol. The lowest BCUT2D eigenvalue weighted by molar-refractivity contribution is 0.0784. The summed E-state index contributed by atoms with van der Waals surface area (Å²) in [4.78, 5) is 2.70. The highest BCUT2D eigenvalue weighted by molar-refractivity contribution is 9.09. The molecule has 2 heteroatoms. The van der Waals surface area contributed by atoms with E-state index in [-0.39, 0.29) is 0 Å². The minimum Gasteiger partial charge on any atom is -0.303 e. The second-order valence-electron chi connectivity index (χ2n) is 7.26. The van der Waals surface area contributed by atoms with E-state index in [2.05, 4.69) is 55.4 Å². The zero-order valence-corrected chi connectivity index (χ0v) is 14.6. The van der Waals surface area contributed by atoms with E-state index in [0.29, 0.717) is 10.8 Å². The van der Waals surface area contributed by atoms with Crippen LogP contribution in [0.3, 0.4) is 0 Å². The van der Waals surface area contributed by atoms with Crippen LogP contribution in [-0.4, -0.2) is 29.9 Å². The maximum absolute atomic E-state index is 3.74.